The largest absolute Gasteiger partial charge is 0.383 e. The zero-order valence-corrected chi connectivity index (χ0v) is 12.7. The van der Waals surface area contributed by atoms with Gasteiger partial charge < -0.3 is 11.5 Å². The summed E-state index contributed by atoms with van der Waals surface area (Å²) in [5.74, 6) is 1.45. The van der Waals surface area contributed by atoms with Gasteiger partial charge in [-0.3, -0.25) is 0 Å². The van der Waals surface area contributed by atoms with Gasteiger partial charge in [0.05, 0.1) is 5.02 Å². The van der Waals surface area contributed by atoms with E-state index in [1.165, 1.54) is 22.5 Å². The average molecular weight is 323 g/mol. The third kappa shape index (κ3) is 2.67. The maximum absolute atomic E-state index is 6.39. The molecular weight excluding hydrogens is 312 g/mol. The summed E-state index contributed by atoms with van der Waals surface area (Å²) in [6.45, 7) is 0. The Morgan fingerprint density at radius 1 is 1.15 bits per heavy atom. The van der Waals surface area contributed by atoms with E-state index in [0.717, 1.165) is 15.3 Å². The van der Waals surface area contributed by atoms with Crippen molar-refractivity contribution in [3.05, 3.63) is 40.2 Å². The van der Waals surface area contributed by atoms with Crippen LogP contribution >= 0.6 is 34.7 Å². The molecule has 0 fully saturated rings. The van der Waals surface area contributed by atoms with Crippen LogP contribution in [0.3, 0.4) is 0 Å². The number of aromatic nitrogens is 2. The second kappa shape index (κ2) is 5.47. The fraction of sp³-hybridized carbons (Fsp3) is 0.0769. The van der Waals surface area contributed by atoms with Crippen LogP contribution < -0.4 is 11.5 Å². The zero-order chi connectivity index (χ0) is 14.1. The molecule has 3 aromatic rings. The summed E-state index contributed by atoms with van der Waals surface area (Å²) in [6, 6.07) is 9.62. The Bertz CT molecular complexity index is 752. The van der Waals surface area contributed by atoms with Crippen LogP contribution in [0.1, 0.15) is 4.88 Å². The summed E-state index contributed by atoms with van der Waals surface area (Å²) in [5.41, 5.74) is 11.3. The van der Waals surface area contributed by atoms with E-state index in [9.17, 15) is 0 Å². The van der Waals surface area contributed by atoms with Crippen LogP contribution in [0.15, 0.2) is 35.5 Å². The monoisotopic (exact) mass is 322 g/mol. The summed E-state index contributed by atoms with van der Waals surface area (Å²) in [4.78, 5) is 9.39. The highest BCUT2D eigenvalue weighted by atomic mass is 35.5. The Kier molecular flexibility index (Phi) is 3.69. The first-order valence-electron chi connectivity index (χ1n) is 5.82. The molecule has 7 heteroatoms. The molecule has 4 N–H and O–H groups in total. The van der Waals surface area contributed by atoms with Crippen LogP contribution in [-0.2, 0) is 5.75 Å². The van der Waals surface area contributed by atoms with Gasteiger partial charge in [0.1, 0.15) is 11.6 Å². The number of halogens is 1. The molecule has 0 amide bonds. The maximum atomic E-state index is 6.39. The van der Waals surface area contributed by atoms with E-state index < -0.39 is 0 Å². The number of thiophene rings is 1. The number of thioether (sulfide) groups is 1. The molecular formula is C13H11ClN4S2. The number of nitrogens with two attached hydrogens (primary N) is 2. The van der Waals surface area contributed by atoms with Crippen molar-refractivity contribution in [1.82, 2.24) is 9.97 Å². The van der Waals surface area contributed by atoms with Crippen molar-refractivity contribution in [2.24, 2.45) is 0 Å². The topological polar surface area (TPSA) is 77.8 Å². The lowest BCUT2D eigenvalue weighted by Crippen LogP contribution is -1.99. The molecule has 20 heavy (non-hydrogen) atoms. The Hall–Kier alpha value is -1.50. The van der Waals surface area contributed by atoms with Crippen LogP contribution in [0.5, 0.6) is 0 Å². The Morgan fingerprint density at radius 3 is 2.55 bits per heavy atom. The minimum Gasteiger partial charge on any atom is -0.383 e. The third-order valence-corrected chi connectivity index (χ3v) is 5.45. The third-order valence-electron chi connectivity index (χ3n) is 2.68. The molecule has 2 heterocycles. The molecule has 3 rings (SSSR count). The van der Waals surface area contributed by atoms with Crippen LogP contribution in [0.4, 0.5) is 11.6 Å². The first kappa shape index (κ1) is 13.5. The number of nitrogens with zero attached hydrogens (tertiary/aromatic N) is 2. The van der Waals surface area contributed by atoms with Gasteiger partial charge in [-0.25, -0.2) is 9.97 Å². The van der Waals surface area contributed by atoms with E-state index in [-0.39, 0.29) is 0 Å². The van der Waals surface area contributed by atoms with Crippen molar-refractivity contribution in [2.45, 2.75) is 10.9 Å². The van der Waals surface area contributed by atoms with Gasteiger partial charge >= 0.3 is 0 Å². The summed E-state index contributed by atoms with van der Waals surface area (Å²) < 4.78 is 1.18. The van der Waals surface area contributed by atoms with Crippen LogP contribution in [0, 0.1) is 0 Å². The molecule has 0 bridgehead atoms. The van der Waals surface area contributed by atoms with Crippen LogP contribution in [-0.4, -0.2) is 9.97 Å². The van der Waals surface area contributed by atoms with E-state index in [1.807, 2.05) is 18.2 Å². The number of hydrogen-bond acceptors (Lipinski definition) is 6. The number of nitrogen functional groups attached to an aromatic ring is 2. The van der Waals surface area contributed by atoms with Crippen molar-refractivity contribution in [3.8, 4) is 0 Å². The normalized spacial score (nSPS) is 11.1. The highest BCUT2D eigenvalue weighted by molar-refractivity contribution is 7.98. The Morgan fingerprint density at radius 2 is 1.85 bits per heavy atom. The van der Waals surface area contributed by atoms with Gasteiger partial charge in [0.2, 0.25) is 0 Å². The fourth-order valence-corrected chi connectivity index (χ4v) is 4.35. The molecule has 0 spiro atoms. The van der Waals surface area contributed by atoms with Gasteiger partial charge in [-0.2, -0.15) is 0 Å². The highest BCUT2D eigenvalue weighted by Crippen LogP contribution is 2.38. The first-order chi connectivity index (χ1) is 9.63. The van der Waals surface area contributed by atoms with E-state index in [2.05, 4.69) is 16.0 Å². The predicted octanol–water partition coefficient (Wildman–Crippen LogP) is 3.80. The molecule has 0 radical (unpaired) electrons. The van der Waals surface area contributed by atoms with Crippen LogP contribution in [0.2, 0.25) is 5.02 Å². The maximum Gasteiger partial charge on any atom is 0.191 e. The van der Waals surface area contributed by atoms with Crippen molar-refractivity contribution in [1.29, 1.82) is 0 Å². The number of hydrogen-bond donors (Lipinski definition) is 2. The lowest BCUT2D eigenvalue weighted by molar-refractivity contribution is 0.984. The minimum absolute atomic E-state index is 0.377. The number of benzene rings is 1. The minimum atomic E-state index is 0.377. The first-order valence-corrected chi connectivity index (χ1v) is 8.00. The summed E-state index contributed by atoms with van der Waals surface area (Å²) in [5, 5.41) is 2.45. The molecule has 0 aliphatic rings. The lowest BCUT2D eigenvalue weighted by Gasteiger charge is -2.01. The quantitative estimate of drug-likeness (QED) is 0.566. The van der Waals surface area contributed by atoms with Crippen LogP contribution in [0.25, 0.3) is 10.1 Å². The van der Waals surface area contributed by atoms with Crippen molar-refractivity contribution >= 4 is 56.4 Å². The van der Waals surface area contributed by atoms with Crippen molar-refractivity contribution in [2.75, 3.05) is 11.5 Å². The molecule has 0 aliphatic heterocycles. The number of fused-ring (bicyclic) bond motifs is 1. The SMILES string of the molecule is Nc1cc(N)nc(SCc2sc3ccccc3c2Cl)n1. The molecule has 2 aromatic heterocycles. The van der Waals surface area contributed by atoms with Gasteiger partial charge in [-0.05, 0) is 6.07 Å². The molecule has 0 unspecified atom stereocenters. The molecule has 102 valence electrons. The molecule has 4 nitrogen and oxygen atoms in total. The van der Waals surface area contributed by atoms with Gasteiger partial charge in [-0.15, -0.1) is 11.3 Å². The molecule has 0 aliphatic carbocycles. The van der Waals surface area contributed by atoms with Gasteiger partial charge in [0, 0.05) is 26.8 Å². The van der Waals surface area contributed by atoms with Gasteiger partial charge in [0.15, 0.2) is 5.16 Å². The Labute approximate surface area is 129 Å². The van der Waals surface area contributed by atoms with Crippen molar-refractivity contribution < 1.29 is 0 Å². The fourth-order valence-electron chi connectivity index (χ4n) is 1.81. The predicted molar refractivity (Wildman–Crippen MR) is 87.3 cm³/mol. The summed E-state index contributed by atoms with van der Waals surface area (Å²) in [7, 11) is 0. The summed E-state index contributed by atoms with van der Waals surface area (Å²) in [6.07, 6.45) is 0. The van der Waals surface area contributed by atoms with E-state index in [0.29, 0.717) is 22.5 Å². The van der Waals surface area contributed by atoms with Gasteiger partial charge in [-0.1, -0.05) is 41.6 Å². The standard InChI is InChI=1S/C13H11ClN4S2/c14-12-7-3-1-2-4-8(7)20-9(12)6-19-13-17-10(15)5-11(16)18-13/h1-5H,6H2,(H4,15,16,17,18). The highest BCUT2D eigenvalue weighted by Gasteiger charge is 2.11. The van der Waals surface area contributed by atoms with Crippen molar-refractivity contribution in [3.63, 3.8) is 0 Å². The number of anilines is 2. The Balaban J connectivity index is 1.84. The molecule has 0 atom stereocenters. The number of rotatable bonds is 3. The average Bonchev–Trinajstić information content (AvgIpc) is 2.73. The molecule has 0 saturated carbocycles. The second-order valence-electron chi connectivity index (χ2n) is 4.12. The van der Waals surface area contributed by atoms with E-state index in [1.54, 1.807) is 11.3 Å². The molecule has 0 saturated heterocycles. The lowest BCUT2D eigenvalue weighted by atomic mass is 10.2. The van der Waals surface area contributed by atoms with E-state index in [4.69, 9.17) is 23.1 Å². The zero-order valence-electron chi connectivity index (χ0n) is 10.3. The second-order valence-corrected chi connectivity index (χ2v) is 6.58. The van der Waals surface area contributed by atoms with E-state index >= 15 is 0 Å². The smallest absolute Gasteiger partial charge is 0.191 e. The van der Waals surface area contributed by atoms with Gasteiger partial charge in [0.25, 0.3) is 0 Å². The summed E-state index contributed by atoms with van der Waals surface area (Å²) >= 11 is 9.55. The molecule has 1 aromatic carbocycles.